The van der Waals surface area contributed by atoms with E-state index in [1.165, 1.54) is 11.3 Å². The molecule has 0 bridgehead atoms. The second kappa shape index (κ2) is 9.07. The summed E-state index contributed by atoms with van der Waals surface area (Å²) in [5, 5.41) is 0.768. The molecular weight excluding hydrogens is 388 g/mol. The first-order valence-electron chi connectivity index (χ1n) is 10.0. The van der Waals surface area contributed by atoms with Gasteiger partial charge in [-0.3, -0.25) is 4.79 Å². The van der Waals surface area contributed by atoms with Crippen LogP contribution in [0, 0.1) is 5.92 Å². The quantitative estimate of drug-likeness (QED) is 0.612. The molecular formula is C22H26N2O4S. The van der Waals surface area contributed by atoms with Gasteiger partial charge in [-0.05, 0) is 44.9 Å². The lowest BCUT2D eigenvalue weighted by atomic mass is 9.94. The van der Waals surface area contributed by atoms with Crippen LogP contribution in [0.2, 0.25) is 0 Å². The lowest BCUT2D eigenvalue weighted by molar-refractivity contribution is 0.0547. The van der Waals surface area contributed by atoms with E-state index in [0.29, 0.717) is 36.2 Å². The summed E-state index contributed by atoms with van der Waals surface area (Å²) in [7, 11) is 0. The SMILES string of the molecule is CC(C)OCC1C=CC=CN1c1nc(-c2ccco2)c(C(=O)C2CCOCC2)s1. The molecule has 2 aromatic heterocycles. The van der Waals surface area contributed by atoms with Gasteiger partial charge < -0.3 is 18.8 Å². The van der Waals surface area contributed by atoms with E-state index in [4.69, 9.17) is 18.9 Å². The Balaban J connectivity index is 1.66. The molecule has 0 saturated carbocycles. The smallest absolute Gasteiger partial charge is 0.191 e. The highest BCUT2D eigenvalue weighted by Gasteiger charge is 2.31. The minimum absolute atomic E-state index is 0.0253. The highest BCUT2D eigenvalue weighted by atomic mass is 32.1. The fourth-order valence-electron chi connectivity index (χ4n) is 3.48. The van der Waals surface area contributed by atoms with Crippen LogP contribution in [0.15, 0.2) is 47.2 Å². The number of nitrogens with zero attached hydrogens (tertiary/aromatic N) is 2. The van der Waals surface area contributed by atoms with Crippen LogP contribution in [0.3, 0.4) is 0 Å². The Labute approximate surface area is 174 Å². The molecule has 1 fully saturated rings. The maximum atomic E-state index is 13.3. The maximum absolute atomic E-state index is 13.3. The number of Topliss-reactive ketones (excluding diaryl/α,β-unsaturated/α-hetero) is 1. The van der Waals surface area contributed by atoms with Crippen LogP contribution in [0.5, 0.6) is 0 Å². The number of thiazole rings is 1. The lowest BCUT2D eigenvalue weighted by Crippen LogP contribution is -2.35. The van der Waals surface area contributed by atoms with Gasteiger partial charge >= 0.3 is 0 Å². The van der Waals surface area contributed by atoms with Gasteiger partial charge in [0, 0.05) is 25.3 Å². The second-order valence-electron chi connectivity index (χ2n) is 7.49. The highest BCUT2D eigenvalue weighted by Crippen LogP contribution is 2.37. The van der Waals surface area contributed by atoms with Crippen LogP contribution in [-0.4, -0.2) is 42.7 Å². The number of hydrogen-bond donors (Lipinski definition) is 0. The number of furan rings is 1. The van der Waals surface area contributed by atoms with Gasteiger partial charge in [-0.1, -0.05) is 23.5 Å². The molecule has 0 aliphatic carbocycles. The molecule has 2 aromatic rings. The van der Waals surface area contributed by atoms with Crippen LogP contribution in [0.25, 0.3) is 11.5 Å². The van der Waals surface area contributed by atoms with Crippen LogP contribution < -0.4 is 4.90 Å². The Morgan fingerprint density at radius 3 is 2.90 bits per heavy atom. The molecule has 0 radical (unpaired) electrons. The average Bonchev–Trinajstić information content (AvgIpc) is 3.42. The minimum Gasteiger partial charge on any atom is -0.463 e. The molecule has 0 N–H and O–H groups in total. The molecule has 1 unspecified atom stereocenters. The summed E-state index contributed by atoms with van der Waals surface area (Å²) < 4.78 is 16.9. The van der Waals surface area contributed by atoms with Gasteiger partial charge in [0.15, 0.2) is 16.7 Å². The molecule has 7 heteroatoms. The van der Waals surface area contributed by atoms with Gasteiger partial charge in [0.2, 0.25) is 0 Å². The van der Waals surface area contributed by atoms with Crippen molar-refractivity contribution in [3.8, 4) is 11.5 Å². The summed E-state index contributed by atoms with van der Waals surface area (Å²) in [6, 6.07) is 3.70. The van der Waals surface area contributed by atoms with Gasteiger partial charge in [0.1, 0.15) is 10.6 Å². The number of ether oxygens (including phenoxy) is 2. The number of rotatable bonds is 7. The fraction of sp³-hybridized carbons (Fsp3) is 0.455. The van der Waals surface area contributed by atoms with Crippen molar-refractivity contribution in [3.63, 3.8) is 0 Å². The zero-order valence-electron chi connectivity index (χ0n) is 16.7. The summed E-state index contributed by atoms with van der Waals surface area (Å²) >= 11 is 1.43. The van der Waals surface area contributed by atoms with Gasteiger partial charge in [-0.2, -0.15) is 0 Å². The molecule has 154 valence electrons. The summed E-state index contributed by atoms with van der Waals surface area (Å²) in [5.41, 5.74) is 0.623. The normalized spacial score (nSPS) is 20.0. The van der Waals surface area contributed by atoms with Crippen molar-refractivity contribution in [1.82, 2.24) is 4.98 Å². The zero-order valence-corrected chi connectivity index (χ0v) is 17.6. The van der Waals surface area contributed by atoms with Crippen molar-refractivity contribution in [3.05, 3.63) is 47.7 Å². The summed E-state index contributed by atoms with van der Waals surface area (Å²) in [6.07, 6.45) is 11.3. The number of carbonyl (C=O) groups excluding carboxylic acids is 1. The summed E-state index contributed by atoms with van der Waals surface area (Å²) in [4.78, 5) is 20.9. The van der Waals surface area contributed by atoms with Crippen LogP contribution in [-0.2, 0) is 9.47 Å². The number of carbonyl (C=O) groups is 1. The molecule has 0 amide bonds. The van der Waals surface area contributed by atoms with Crippen molar-refractivity contribution >= 4 is 22.3 Å². The van der Waals surface area contributed by atoms with E-state index in [9.17, 15) is 4.79 Å². The third-order valence-electron chi connectivity index (χ3n) is 5.06. The van der Waals surface area contributed by atoms with Crippen molar-refractivity contribution < 1.29 is 18.7 Å². The molecule has 4 heterocycles. The van der Waals surface area contributed by atoms with Crippen LogP contribution in [0.1, 0.15) is 36.4 Å². The standard InChI is InChI=1S/C22H26N2O4S/c1-15(2)28-14-17-6-3-4-10-24(17)22-23-19(18-7-5-11-27-18)21(29-22)20(25)16-8-12-26-13-9-16/h3-7,10-11,15-17H,8-9,12-14H2,1-2H3. The first-order valence-corrected chi connectivity index (χ1v) is 10.9. The van der Waals surface area contributed by atoms with Gasteiger partial charge in [-0.25, -0.2) is 4.98 Å². The Morgan fingerprint density at radius 2 is 2.17 bits per heavy atom. The Hall–Kier alpha value is -2.22. The molecule has 1 atom stereocenters. The second-order valence-corrected chi connectivity index (χ2v) is 8.46. The molecule has 29 heavy (non-hydrogen) atoms. The number of aromatic nitrogens is 1. The van der Waals surface area contributed by atoms with Crippen LogP contribution >= 0.6 is 11.3 Å². The molecule has 0 aromatic carbocycles. The number of hydrogen-bond acceptors (Lipinski definition) is 7. The van der Waals surface area contributed by atoms with Crippen molar-refractivity contribution in [2.45, 2.75) is 38.8 Å². The molecule has 1 saturated heterocycles. The van der Waals surface area contributed by atoms with Crippen molar-refractivity contribution in [2.75, 3.05) is 24.7 Å². The van der Waals surface area contributed by atoms with E-state index in [0.717, 1.165) is 18.0 Å². The predicted octanol–water partition coefficient (Wildman–Crippen LogP) is 4.70. The summed E-state index contributed by atoms with van der Waals surface area (Å²) in [6.45, 7) is 5.86. The highest BCUT2D eigenvalue weighted by molar-refractivity contribution is 7.18. The predicted molar refractivity (Wildman–Crippen MR) is 113 cm³/mol. The number of ketones is 1. The lowest BCUT2D eigenvalue weighted by Gasteiger charge is -2.28. The average molecular weight is 415 g/mol. The first-order chi connectivity index (χ1) is 14.1. The molecule has 4 rings (SSSR count). The van der Waals surface area contributed by atoms with E-state index in [1.54, 1.807) is 6.26 Å². The van der Waals surface area contributed by atoms with E-state index in [2.05, 4.69) is 11.0 Å². The monoisotopic (exact) mass is 414 g/mol. The first kappa shape index (κ1) is 20.1. The van der Waals surface area contributed by atoms with E-state index in [-0.39, 0.29) is 23.8 Å². The van der Waals surface area contributed by atoms with E-state index >= 15 is 0 Å². The zero-order chi connectivity index (χ0) is 20.2. The molecule has 2 aliphatic heterocycles. The third-order valence-corrected chi connectivity index (χ3v) is 6.14. The fourth-order valence-corrected chi connectivity index (χ4v) is 4.61. The third kappa shape index (κ3) is 4.52. The van der Waals surface area contributed by atoms with E-state index in [1.807, 2.05) is 44.3 Å². The molecule has 0 spiro atoms. The Kier molecular flexibility index (Phi) is 6.28. The number of allylic oxidation sites excluding steroid dienone is 2. The maximum Gasteiger partial charge on any atom is 0.191 e. The van der Waals surface area contributed by atoms with Gasteiger partial charge in [-0.15, -0.1) is 0 Å². The molecule has 6 nitrogen and oxygen atoms in total. The van der Waals surface area contributed by atoms with Crippen molar-refractivity contribution in [2.24, 2.45) is 5.92 Å². The molecule has 2 aliphatic rings. The summed E-state index contributed by atoms with van der Waals surface area (Å²) in [5.74, 6) is 0.729. The van der Waals surface area contributed by atoms with Crippen LogP contribution in [0.4, 0.5) is 5.13 Å². The topological polar surface area (TPSA) is 64.8 Å². The van der Waals surface area contributed by atoms with Gasteiger partial charge in [0.25, 0.3) is 0 Å². The Morgan fingerprint density at radius 1 is 1.34 bits per heavy atom. The Bertz CT molecular complexity index is 879. The van der Waals surface area contributed by atoms with Gasteiger partial charge in [0.05, 0.1) is 25.0 Å². The minimum atomic E-state index is -0.0253. The number of anilines is 1. The van der Waals surface area contributed by atoms with E-state index < -0.39 is 0 Å². The largest absolute Gasteiger partial charge is 0.463 e. The van der Waals surface area contributed by atoms with Crippen molar-refractivity contribution in [1.29, 1.82) is 0 Å².